The van der Waals surface area contributed by atoms with Crippen LogP contribution < -0.4 is 4.74 Å². The van der Waals surface area contributed by atoms with Gasteiger partial charge >= 0.3 is 5.97 Å². The van der Waals surface area contributed by atoms with Crippen LogP contribution in [0.4, 0.5) is 0 Å². The Morgan fingerprint density at radius 1 is 1.20 bits per heavy atom. The molecule has 5 atom stereocenters. The average molecular weight is 342 g/mol. The molecule has 0 saturated heterocycles. The van der Waals surface area contributed by atoms with Crippen molar-refractivity contribution in [1.82, 2.24) is 0 Å². The van der Waals surface area contributed by atoms with E-state index in [9.17, 15) is 4.79 Å². The Kier molecular flexibility index (Phi) is 4.29. The van der Waals surface area contributed by atoms with Gasteiger partial charge in [-0.15, -0.1) is 0 Å². The summed E-state index contributed by atoms with van der Waals surface area (Å²) in [5.41, 5.74) is 3.20. The maximum absolute atomic E-state index is 11.6. The van der Waals surface area contributed by atoms with Gasteiger partial charge in [-0.1, -0.05) is 19.4 Å². The number of fused-ring (bicyclic) bond motifs is 5. The van der Waals surface area contributed by atoms with Crippen LogP contribution in [0.2, 0.25) is 0 Å². The van der Waals surface area contributed by atoms with Crippen molar-refractivity contribution in [2.75, 3.05) is 7.11 Å². The highest BCUT2D eigenvalue weighted by Gasteiger charge is 2.54. The van der Waals surface area contributed by atoms with Crippen molar-refractivity contribution in [3.05, 3.63) is 29.3 Å². The van der Waals surface area contributed by atoms with E-state index in [1.807, 2.05) is 0 Å². The predicted octanol–water partition coefficient (Wildman–Crippen LogP) is 4.87. The fourth-order valence-electron chi connectivity index (χ4n) is 6.27. The predicted molar refractivity (Wildman–Crippen MR) is 97.8 cm³/mol. The summed E-state index contributed by atoms with van der Waals surface area (Å²) in [7, 11) is 1.75. The van der Waals surface area contributed by atoms with Gasteiger partial charge in [-0.3, -0.25) is 4.79 Å². The van der Waals surface area contributed by atoms with Crippen LogP contribution in [-0.2, 0) is 16.0 Å². The van der Waals surface area contributed by atoms with Gasteiger partial charge in [-0.05, 0) is 79.5 Å². The molecule has 0 N–H and O–H groups in total. The van der Waals surface area contributed by atoms with Gasteiger partial charge < -0.3 is 9.47 Å². The zero-order valence-corrected chi connectivity index (χ0v) is 15.7. The minimum absolute atomic E-state index is 0.117. The Morgan fingerprint density at radius 2 is 2.04 bits per heavy atom. The third-order valence-corrected chi connectivity index (χ3v) is 7.39. The number of aryl methyl sites for hydroxylation is 1. The number of carbonyl (C=O) groups is 1. The van der Waals surface area contributed by atoms with Crippen LogP contribution in [0.5, 0.6) is 5.75 Å². The highest BCUT2D eigenvalue weighted by atomic mass is 16.5. The minimum Gasteiger partial charge on any atom is -0.497 e. The molecule has 25 heavy (non-hydrogen) atoms. The molecule has 136 valence electrons. The Bertz CT molecular complexity index is 667. The lowest BCUT2D eigenvalue weighted by atomic mass is 9.63. The fourth-order valence-corrected chi connectivity index (χ4v) is 6.27. The van der Waals surface area contributed by atoms with Crippen molar-refractivity contribution in [3.63, 3.8) is 0 Å². The third kappa shape index (κ3) is 2.76. The summed E-state index contributed by atoms with van der Waals surface area (Å²) < 4.78 is 11.2. The second-order valence-electron chi connectivity index (χ2n) is 8.55. The number of carbonyl (C=O) groups excluding carboxylic acids is 1. The van der Waals surface area contributed by atoms with Gasteiger partial charge in [-0.25, -0.2) is 0 Å². The molecule has 5 unspecified atom stereocenters. The molecule has 0 radical (unpaired) electrons. The molecule has 0 spiro atoms. The second-order valence-corrected chi connectivity index (χ2v) is 8.55. The lowest BCUT2D eigenvalue weighted by molar-refractivity contribution is -0.153. The molecule has 0 heterocycles. The maximum atomic E-state index is 11.6. The van der Waals surface area contributed by atoms with Gasteiger partial charge in [0, 0.05) is 12.3 Å². The lowest BCUT2D eigenvalue weighted by Gasteiger charge is -2.42. The molecular weight excluding hydrogens is 312 g/mol. The van der Waals surface area contributed by atoms with Gasteiger partial charge in [0.15, 0.2) is 0 Å². The van der Waals surface area contributed by atoms with Crippen molar-refractivity contribution >= 4 is 5.97 Å². The molecular formula is C22H30O3. The zero-order valence-electron chi connectivity index (χ0n) is 15.7. The molecule has 3 aliphatic rings. The van der Waals surface area contributed by atoms with Crippen molar-refractivity contribution in [3.8, 4) is 5.75 Å². The first-order valence-electron chi connectivity index (χ1n) is 9.87. The van der Waals surface area contributed by atoms with E-state index < -0.39 is 0 Å². The lowest BCUT2D eigenvalue weighted by Crippen LogP contribution is -2.39. The standard InChI is InChI=1S/C22H30O3/c1-14(23)25-21-11-10-20-19-8-6-15-13-16(24-3)7-9-17(15)18(19)5-4-12-22(20,21)2/h7,9,13,18-21H,4-6,8,10-12H2,1-3H3. The van der Waals surface area contributed by atoms with Crippen molar-refractivity contribution in [2.24, 2.45) is 17.3 Å². The number of hydrogen-bond acceptors (Lipinski definition) is 3. The monoisotopic (exact) mass is 342 g/mol. The summed E-state index contributed by atoms with van der Waals surface area (Å²) in [6.45, 7) is 3.95. The van der Waals surface area contributed by atoms with E-state index in [0.29, 0.717) is 11.8 Å². The van der Waals surface area contributed by atoms with Crippen LogP contribution in [0.25, 0.3) is 0 Å². The van der Waals surface area contributed by atoms with Crippen LogP contribution in [-0.4, -0.2) is 19.2 Å². The number of ether oxygens (including phenoxy) is 2. The van der Waals surface area contributed by atoms with Gasteiger partial charge in [0.1, 0.15) is 11.9 Å². The van der Waals surface area contributed by atoms with Crippen LogP contribution in [0, 0.1) is 17.3 Å². The normalized spacial score (nSPS) is 36.6. The summed E-state index contributed by atoms with van der Waals surface area (Å²) in [6, 6.07) is 6.68. The summed E-state index contributed by atoms with van der Waals surface area (Å²) in [4.78, 5) is 11.6. The van der Waals surface area contributed by atoms with E-state index in [1.165, 1.54) is 37.7 Å². The van der Waals surface area contributed by atoms with E-state index in [4.69, 9.17) is 9.47 Å². The van der Waals surface area contributed by atoms with Crippen molar-refractivity contribution < 1.29 is 14.3 Å². The minimum atomic E-state index is -0.117. The first-order valence-corrected chi connectivity index (χ1v) is 9.87. The van der Waals surface area contributed by atoms with Gasteiger partial charge in [0.2, 0.25) is 0 Å². The first-order chi connectivity index (χ1) is 12.0. The number of esters is 1. The van der Waals surface area contributed by atoms with Crippen LogP contribution in [0.15, 0.2) is 18.2 Å². The van der Waals surface area contributed by atoms with Gasteiger partial charge in [0.25, 0.3) is 0 Å². The summed E-state index contributed by atoms with van der Waals surface area (Å²) >= 11 is 0. The number of methoxy groups -OCH3 is 1. The summed E-state index contributed by atoms with van der Waals surface area (Å²) in [5.74, 6) is 2.94. The summed E-state index contributed by atoms with van der Waals surface area (Å²) in [5, 5.41) is 0. The highest BCUT2D eigenvalue weighted by molar-refractivity contribution is 5.66. The Labute approximate surface area is 151 Å². The molecule has 3 nitrogen and oxygen atoms in total. The molecule has 3 aliphatic carbocycles. The number of hydrogen-bond donors (Lipinski definition) is 0. The molecule has 0 amide bonds. The largest absolute Gasteiger partial charge is 0.497 e. The van der Waals surface area contributed by atoms with E-state index in [-0.39, 0.29) is 17.5 Å². The fraction of sp³-hybridized carbons (Fsp3) is 0.682. The smallest absolute Gasteiger partial charge is 0.302 e. The van der Waals surface area contributed by atoms with Crippen LogP contribution >= 0.6 is 0 Å². The molecule has 4 rings (SSSR count). The van der Waals surface area contributed by atoms with Crippen molar-refractivity contribution in [1.29, 1.82) is 0 Å². The molecule has 2 saturated carbocycles. The Hall–Kier alpha value is -1.51. The molecule has 3 heteroatoms. The van der Waals surface area contributed by atoms with Crippen molar-refractivity contribution in [2.45, 2.75) is 70.8 Å². The molecule has 2 fully saturated rings. The molecule has 0 aliphatic heterocycles. The molecule has 0 aromatic heterocycles. The van der Waals surface area contributed by atoms with E-state index in [0.717, 1.165) is 24.5 Å². The van der Waals surface area contributed by atoms with Crippen LogP contribution in [0.1, 0.15) is 69.4 Å². The molecule has 1 aromatic carbocycles. The summed E-state index contributed by atoms with van der Waals surface area (Å²) in [6.07, 6.45) is 8.47. The molecule has 0 bridgehead atoms. The number of benzene rings is 1. The van der Waals surface area contributed by atoms with Gasteiger partial charge in [0.05, 0.1) is 7.11 Å². The van der Waals surface area contributed by atoms with E-state index >= 15 is 0 Å². The molecule has 1 aromatic rings. The Morgan fingerprint density at radius 3 is 2.80 bits per heavy atom. The highest BCUT2D eigenvalue weighted by Crippen LogP contribution is 2.59. The first kappa shape index (κ1) is 16.9. The van der Waals surface area contributed by atoms with Crippen LogP contribution in [0.3, 0.4) is 0 Å². The van der Waals surface area contributed by atoms with E-state index in [1.54, 1.807) is 19.6 Å². The van der Waals surface area contributed by atoms with Gasteiger partial charge in [-0.2, -0.15) is 0 Å². The van der Waals surface area contributed by atoms with E-state index in [2.05, 4.69) is 25.1 Å². The zero-order chi connectivity index (χ0) is 17.6. The maximum Gasteiger partial charge on any atom is 0.302 e. The quantitative estimate of drug-likeness (QED) is 0.719. The number of rotatable bonds is 2. The SMILES string of the molecule is COc1ccc2c(c1)CCC1C2CCCC2(C)C(OC(C)=O)CCC12. The average Bonchev–Trinajstić information content (AvgIpc) is 2.82. The third-order valence-electron chi connectivity index (χ3n) is 7.39. The topological polar surface area (TPSA) is 35.5 Å². The Balaban J connectivity index is 1.65. The second kappa shape index (κ2) is 6.34.